The van der Waals surface area contributed by atoms with Gasteiger partial charge in [0.2, 0.25) is 0 Å². The van der Waals surface area contributed by atoms with Gasteiger partial charge in [0.25, 0.3) is 0 Å². The van der Waals surface area contributed by atoms with E-state index in [4.69, 9.17) is 0 Å². The molecule has 2 atom stereocenters. The van der Waals surface area contributed by atoms with Crippen molar-refractivity contribution in [3.63, 3.8) is 0 Å². The molecule has 0 aromatic heterocycles. The van der Waals surface area contributed by atoms with E-state index < -0.39 is 0 Å². The Morgan fingerprint density at radius 1 is 1.00 bits per heavy atom. The maximum absolute atomic E-state index is 12.9. The molecular weight excluding hydrogens is 244 g/mol. The van der Waals surface area contributed by atoms with Crippen LogP contribution in [0.2, 0.25) is 0 Å². The predicted octanol–water partition coefficient (Wildman–Crippen LogP) is 4.71. The number of fused-ring (bicyclic) bond motifs is 2. The van der Waals surface area contributed by atoms with Crippen molar-refractivity contribution < 1.29 is 4.79 Å². The summed E-state index contributed by atoms with van der Waals surface area (Å²) in [5.74, 6) is 0.930. The van der Waals surface area contributed by atoms with Gasteiger partial charge in [-0.25, -0.2) is 0 Å². The van der Waals surface area contributed by atoms with Gasteiger partial charge in [-0.3, -0.25) is 4.79 Å². The molecule has 3 aliphatic rings. The monoisotopic (exact) mass is 264 g/mol. The fourth-order valence-corrected chi connectivity index (χ4v) is 4.35. The predicted molar refractivity (Wildman–Crippen MR) is 80.6 cm³/mol. The van der Waals surface area contributed by atoms with E-state index in [1.54, 1.807) is 11.1 Å². The SMILES string of the molecule is O=C(c1ccccc1)[C@H]1C=C2CCCC2=C2CCC[C@H]21. The third kappa shape index (κ3) is 1.80. The van der Waals surface area contributed by atoms with E-state index in [0.29, 0.717) is 11.7 Å². The van der Waals surface area contributed by atoms with E-state index in [0.717, 1.165) is 5.56 Å². The van der Waals surface area contributed by atoms with Crippen LogP contribution in [0.3, 0.4) is 0 Å². The summed E-state index contributed by atoms with van der Waals surface area (Å²) in [4.78, 5) is 12.9. The van der Waals surface area contributed by atoms with Crippen molar-refractivity contribution in [2.24, 2.45) is 11.8 Å². The second-order valence-electron chi connectivity index (χ2n) is 6.30. The van der Waals surface area contributed by atoms with Gasteiger partial charge >= 0.3 is 0 Å². The molecule has 0 N–H and O–H groups in total. The van der Waals surface area contributed by atoms with Crippen LogP contribution in [-0.4, -0.2) is 5.78 Å². The van der Waals surface area contributed by atoms with E-state index in [-0.39, 0.29) is 5.92 Å². The van der Waals surface area contributed by atoms with Gasteiger partial charge in [-0.1, -0.05) is 42.0 Å². The Kier molecular flexibility index (Phi) is 2.87. The summed E-state index contributed by atoms with van der Waals surface area (Å²) in [5.41, 5.74) is 5.63. The lowest BCUT2D eigenvalue weighted by Crippen LogP contribution is -2.25. The summed E-state index contributed by atoms with van der Waals surface area (Å²) in [6, 6.07) is 9.84. The molecule has 1 aromatic rings. The van der Waals surface area contributed by atoms with Gasteiger partial charge in [-0.05, 0) is 55.6 Å². The van der Waals surface area contributed by atoms with Gasteiger partial charge in [0, 0.05) is 11.5 Å². The Balaban J connectivity index is 1.73. The number of allylic oxidation sites excluding steroid dienone is 4. The second kappa shape index (κ2) is 4.73. The molecule has 2 saturated carbocycles. The van der Waals surface area contributed by atoms with Gasteiger partial charge in [0.15, 0.2) is 5.78 Å². The van der Waals surface area contributed by atoms with Crippen molar-refractivity contribution in [3.8, 4) is 0 Å². The summed E-state index contributed by atoms with van der Waals surface area (Å²) in [6.07, 6.45) is 9.74. The van der Waals surface area contributed by atoms with E-state index in [1.807, 2.05) is 30.3 Å². The minimum atomic E-state index is 0.103. The van der Waals surface area contributed by atoms with Crippen molar-refractivity contribution in [2.75, 3.05) is 0 Å². The van der Waals surface area contributed by atoms with E-state index in [1.165, 1.54) is 44.1 Å². The number of benzene rings is 1. The Morgan fingerprint density at radius 3 is 2.70 bits per heavy atom. The minimum Gasteiger partial charge on any atom is -0.293 e. The lowest BCUT2D eigenvalue weighted by atomic mass is 9.75. The van der Waals surface area contributed by atoms with Crippen molar-refractivity contribution in [3.05, 3.63) is 58.7 Å². The molecule has 1 nitrogen and oxygen atoms in total. The van der Waals surface area contributed by atoms with Crippen molar-refractivity contribution in [1.29, 1.82) is 0 Å². The smallest absolute Gasteiger partial charge is 0.170 e. The first-order chi connectivity index (χ1) is 9.84. The van der Waals surface area contributed by atoms with E-state index >= 15 is 0 Å². The molecule has 4 rings (SSSR count). The first-order valence-electron chi connectivity index (χ1n) is 7.87. The molecule has 0 spiro atoms. The Hall–Kier alpha value is -1.63. The molecule has 0 unspecified atom stereocenters. The number of Topliss-reactive ketones (excluding diaryl/α,β-unsaturated/α-hetero) is 1. The molecule has 1 aromatic carbocycles. The first-order valence-corrected chi connectivity index (χ1v) is 7.87. The Morgan fingerprint density at radius 2 is 1.85 bits per heavy atom. The van der Waals surface area contributed by atoms with E-state index in [2.05, 4.69) is 6.08 Å². The highest BCUT2D eigenvalue weighted by Crippen LogP contribution is 2.49. The molecule has 0 radical (unpaired) electrons. The van der Waals surface area contributed by atoms with Crippen LogP contribution in [-0.2, 0) is 0 Å². The van der Waals surface area contributed by atoms with Crippen LogP contribution in [0.4, 0.5) is 0 Å². The Labute approximate surface area is 120 Å². The zero-order valence-corrected chi connectivity index (χ0v) is 11.8. The molecule has 2 fully saturated rings. The second-order valence-corrected chi connectivity index (χ2v) is 6.30. The van der Waals surface area contributed by atoms with Crippen molar-refractivity contribution in [2.45, 2.75) is 38.5 Å². The Bertz CT molecular complexity index is 606. The van der Waals surface area contributed by atoms with Gasteiger partial charge in [0.05, 0.1) is 0 Å². The maximum Gasteiger partial charge on any atom is 0.170 e. The number of hydrogen-bond donors (Lipinski definition) is 0. The van der Waals surface area contributed by atoms with Crippen LogP contribution in [0.15, 0.2) is 53.1 Å². The zero-order valence-electron chi connectivity index (χ0n) is 11.8. The van der Waals surface area contributed by atoms with Gasteiger partial charge in [-0.15, -0.1) is 0 Å². The fraction of sp³-hybridized carbons (Fsp3) is 0.421. The van der Waals surface area contributed by atoms with Crippen LogP contribution < -0.4 is 0 Å². The van der Waals surface area contributed by atoms with Gasteiger partial charge in [0.1, 0.15) is 0 Å². The summed E-state index contributed by atoms with van der Waals surface area (Å²) < 4.78 is 0. The molecule has 0 aliphatic heterocycles. The molecule has 20 heavy (non-hydrogen) atoms. The maximum atomic E-state index is 12.9. The molecule has 1 heteroatoms. The van der Waals surface area contributed by atoms with Crippen molar-refractivity contribution in [1.82, 2.24) is 0 Å². The minimum absolute atomic E-state index is 0.103. The molecule has 0 amide bonds. The average Bonchev–Trinajstić information content (AvgIpc) is 3.14. The number of carbonyl (C=O) groups excluding carboxylic acids is 1. The lowest BCUT2D eigenvalue weighted by Gasteiger charge is -2.28. The molecule has 0 bridgehead atoms. The lowest BCUT2D eigenvalue weighted by molar-refractivity contribution is 0.0918. The highest BCUT2D eigenvalue weighted by Gasteiger charge is 2.39. The van der Waals surface area contributed by atoms with Crippen LogP contribution in [0, 0.1) is 11.8 Å². The molecule has 102 valence electrons. The average molecular weight is 264 g/mol. The summed E-state index contributed by atoms with van der Waals surface area (Å²) >= 11 is 0. The molecule has 0 heterocycles. The standard InChI is InChI=1S/C19H20O/c20-19(13-6-2-1-3-7-13)18-12-14-8-4-9-15(14)16-10-5-11-17(16)18/h1-3,6-7,12,17-18H,4-5,8-11H2/t17-,18+/m1/s1. The third-order valence-electron chi connectivity index (χ3n) is 5.23. The summed E-state index contributed by atoms with van der Waals surface area (Å²) in [5, 5.41) is 0. The van der Waals surface area contributed by atoms with Crippen LogP contribution in [0.1, 0.15) is 48.9 Å². The van der Waals surface area contributed by atoms with Crippen molar-refractivity contribution >= 4 is 5.78 Å². The number of hydrogen-bond acceptors (Lipinski definition) is 1. The van der Waals surface area contributed by atoms with Crippen LogP contribution in [0.5, 0.6) is 0 Å². The topological polar surface area (TPSA) is 17.1 Å². The zero-order chi connectivity index (χ0) is 13.5. The quantitative estimate of drug-likeness (QED) is 0.707. The van der Waals surface area contributed by atoms with Crippen LogP contribution >= 0.6 is 0 Å². The molecule has 0 saturated heterocycles. The molecule has 3 aliphatic carbocycles. The largest absolute Gasteiger partial charge is 0.293 e. The third-order valence-corrected chi connectivity index (χ3v) is 5.23. The van der Waals surface area contributed by atoms with E-state index in [9.17, 15) is 4.79 Å². The summed E-state index contributed by atoms with van der Waals surface area (Å²) in [7, 11) is 0. The normalized spacial score (nSPS) is 28.1. The molecular formula is C19H20O. The fourth-order valence-electron chi connectivity index (χ4n) is 4.35. The van der Waals surface area contributed by atoms with Gasteiger partial charge in [-0.2, -0.15) is 0 Å². The summed E-state index contributed by atoms with van der Waals surface area (Å²) in [6.45, 7) is 0. The number of ketones is 1. The highest BCUT2D eigenvalue weighted by molar-refractivity contribution is 5.99. The van der Waals surface area contributed by atoms with Crippen LogP contribution in [0.25, 0.3) is 0 Å². The van der Waals surface area contributed by atoms with Gasteiger partial charge < -0.3 is 0 Å². The first kappa shape index (κ1) is 12.1. The number of rotatable bonds is 2. The highest BCUT2D eigenvalue weighted by atomic mass is 16.1. The number of carbonyl (C=O) groups is 1.